The van der Waals surface area contributed by atoms with Gasteiger partial charge in [0.1, 0.15) is 15.9 Å². The molecule has 0 aliphatic carbocycles. The van der Waals surface area contributed by atoms with Crippen LogP contribution in [0.4, 0.5) is 5.00 Å². The smallest absolute Gasteiger partial charge is 0.348 e. The SMILES string of the molecule is CCOC(=O)c1sc(N)c(C#N)c1CSc1nnc(-c2ccco2)n1C. The number of nitrogens with two attached hydrogens (primary N) is 1. The van der Waals surface area contributed by atoms with Crippen LogP contribution in [0, 0.1) is 11.3 Å². The van der Waals surface area contributed by atoms with Crippen LogP contribution in [0.15, 0.2) is 28.0 Å². The number of esters is 1. The topological polar surface area (TPSA) is 120 Å². The standard InChI is InChI=1S/C16H15N5O3S2/c1-3-23-15(22)12-10(9(7-17)13(18)26-12)8-25-16-20-19-14(21(16)2)11-5-4-6-24-11/h4-6H,3,8,18H2,1-2H3. The van der Waals surface area contributed by atoms with Crippen molar-refractivity contribution in [3.8, 4) is 17.7 Å². The zero-order valence-electron chi connectivity index (χ0n) is 14.1. The van der Waals surface area contributed by atoms with Crippen LogP contribution >= 0.6 is 23.1 Å². The van der Waals surface area contributed by atoms with E-state index in [0.29, 0.717) is 43.5 Å². The second kappa shape index (κ2) is 7.63. The van der Waals surface area contributed by atoms with E-state index in [9.17, 15) is 10.1 Å². The molecule has 0 spiro atoms. The molecule has 3 aromatic rings. The molecule has 10 heteroatoms. The Kier molecular flexibility index (Phi) is 5.29. The van der Waals surface area contributed by atoms with Crippen LogP contribution in [0.3, 0.4) is 0 Å². The molecule has 0 saturated carbocycles. The van der Waals surface area contributed by atoms with E-state index in [1.54, 1.807) is 29.9 Å². The number of nitrogens with zero attached hydrogens (tertiary/aromatic N) is 4. The van der Waals surface area contributed by atoms with Crippen molar-refractivity contribution in [2.75, 3.05) is 12.3 Å². The van der Waals surface area contributed by atoms with Gasteiger partial charge in [0.2, 0.25) is 0 Å². The lowest BCUT2D eigenvalue weighted by Gasteiger charge is -2.05. The fourth-order valence-corrected chi connectivity index (χ4v) is 4.27. The highest BCUT2D eigenvalue weighted by Crippen LogP contribution is 2.35. The van der Waals surface area contributed by atoms with Crippen molar-refractivity contribution in [2.45, 2.75) is 17.8 Å². The van der Waals surface area contributed by atoms with Gasteiger partial charge in [0.15, 0.2) is 16.7 Å². The molecule has 3 aromatic heterocycles. The molecule has 0 saturated heterocycles. The second-order valence-corrected chi connectivity index (χ2v) is 7.11. The fourth-order valence-electron chi connectivity index (χ4n) is 2.30. The average molecular weight is 389 g/mol. The monoisotopic (exact) mass is 389 g/mol. The minimum atomic E-state index is -0.476. The molecule has 0 unspecified atom stereocenters. The van der Waals surface area contributed by atoms with Crippen molar-refractivity contribution in [2.24, 2.45) is 7.05 Å². The van der Waals surface area contributed by atoms with Gasteiger partial charge in [0.25, 0.3) is 0 Å². The number of carbonyl (C=O) groups is 1. The molecule has 2 N–H and O–H groups in total. The van der Waals surface area contributed by atoms with Crippen molar-refractivity contribution in [1.29, 1.82) is 5.26 Å². The van der Waals surface area contributed by atoms with Gasteiger partial charge in [-0.25, -0.2) is 4.79 Å². The molecule has 0 fully saturated rings. The first-order chi connectivity index (χ1) is 12.6. The van der Waals surface area contributed by atoms with E-state index < -0.39 is 5.97 Å². The van der Waals surface area contributed by atoms with E-state index in [-0.39, 0.29) is 6.61 Å². The van der Waals surface area contributed by atoms with E-state index in [1.165, 1.54) is 11.8 Å². The van der Waals surface area contributed by atoms with Crippen molar-refractivity contribution in [3.63, 3.8) is 0 Å². The summed E-state index contributed by atoms with van der Waals surface area (Å²) in [4.78, 5) is 12.5. The summed E-state index contributed by atoms with van der Waals surface area (Å²) >= 11 is 2.42. The third-order valence-corrected chi connectivity index (χ3v) is 5.62. The highest BCUT2D eigenvalue weighted by Gasteiger charge is 2.24. The molecule has 0 bridgehead atoms. The van der Waals surface area contributed by atoms with Crippen molar-refractivity contribution in [3.05, 3.63) is 34.4 Å². The van der Waals surface area contributed by atoms with Gasteiger partial charge < -0.3 is 19.5 Å². The lowest BCUT2D eigenvalue weighted by atomic mass is 10.2. The summed E-state index contributed by atoms with van der Waals surface area (Å²) in [6.07, 6.45) is 1.57. The Balaban J connectivity index is 1.86. The fraction of sp³-hybridized carbons (Fsp3) is 0.250. The van der Waals surface area contributed by atoms with Gasteiger partial charge in [-0.1, -0.05) is 11.8 Å². The Morgan fingerprint density at radius 3 is 3.00 bits per heavy atom. The molecule has 0 amide bonds. The minimum Gasteiger partial charge on any atom is -0.462 e. The quantitative estimate of drug-likeness (QED) is 0.504. The molecule has 0 aliphatic rings. The zero-order chi connectivity index (χ0) is 18.7. The number of nitriles is 1. The molecule has 8 nitrogen and oxygen atoms in total. The summed E-state index contributed by atoms with van der Waals surface area (Å²) in [7, 11) is 1.82. The molecule has 3 heterocycles. The molecular formula is C16H15N5O3S2. The zero-order valence-corrected chi connectivity index (χ0v) is 15.7. The predicted octanol–water partition coefficient (Wildman–Crippen LogP) is 3.06. The number of carbonyl (C=O) groups excluding carboxylic acids is 1. The summed E-state index contributed by atoms with van der Waals surface area (Å²) in [5.74, 6) is 1.06. The first-order valence-corrected chi connectivity index (χ1v) is 9.41. The van der Waals surface area contributed by atoms with Gasteiger partial charge in [-0.15, -0.1) is 21.5 Å². The molecule has 0 aliphatic heterocycles. The van der Waals surface area contributed by atoms with E-state index >= 15 is 0 Å². The van der Waals surface area contributed by atoms with Crippen molar-refractivity contribution in [1.82, 2.24) is 14.8 Å². The van der Waals surface area contributed by atoms with Gasteiger partial charge in [-0.05, 0) is 19.1 Å². The Hall–Kier alpha value is -2.77. The van der Waals surface area contributed by atoms with Crippen molar-refractivity contribution >= 4 is 34.1 Å². The first kappa shape index (κ1) is 18.0. The number of aromatic nitrogens is 3. The number of thiophene rings is 1. The summed E-state index contributed by atoms with van der Waals surface area (Å²) in [6.45, 7) is 1.98. The minimum absolute atomic E-state index is 0.251. The highest BCUT2D eigenvalue weighted by molar-refractivity contribution is 7.98. The Bertz CT molecular complexity index is 969. The number of nitrogen functional groups attached to an aromatic ring is 1. The Labute approximate surface area is 157 Å². The van der Waals surface area contributed by atoms with Crippen LogP contribution in [0.5, 0.6) is 0 Å². The lowest BCUT2D eigenvalue weighted by molar-refractivity contribution is 0.0531. The van der Waals surface area contributed by atoms with Crippen LogP contribution in [-0.4, -0.2) is 27.3 Å². The average Bonchev–Trinajstić information content (AvgIpc) is 3.32. The lowest BCUT2D eigenvalue weighted by Crippen LogP contribution is -2.05. The molecule has 0 aromatic carbocycles. The number of anilines is 1. The third-order valence-electron chi connectivity index (χ3n) is 3.53. The number of furan rings is 1. The van der Waals surface area contributed by atoms with E-state index in [2.05, 4.69) is 16.3 Å². The van der Waals surface area contributed by atoms with Gasteiger partial charge >= 0.3 is 5.97 Å². The van der Waals surface area contributed by atoms with Crippen LogP contribution in [0.25, 0.3) is 11.6 Å². The maximum absolute atomic E-state index is 12.2. The maximum atomic E-state index is 12.2. The van der Waals surface area contributed by atoms with Crippen molar-refractivity contribution < 1.29 is 13.9 Å². The number of hydrogen-bond donors (Lipinski definition) is 1. The van der Waals surface area contributed by atoms with E-state index in [0.717, 1.165) is 11.3 Å². The van der Waals surface area contributed by atoms with E-state index in [4.69, 9.17) is 14.9 Å². The van der Waals surface area contributed by atoms with Gasteiger partial charge in [-0.2, -0.15) is 5.26 Å². The molecule has 134 valence electrons. The highest BCUT2D eigenvalue weighted by atomic mass is 32.2. The summed E-state index contributed by atoms with van der Waals surface area (Å²) in [6, 6.07) is 5.64. The Morgan fingerprint density at radius 1 is 1.54 bits per heavy atom. The Morgan fingerprint density at radius 2 is 2.35 bits per heavy atom. The number of ether oxygens (including phenoxy) is 1. The molecule has 3 rings (SSSR count). The third kappa shape index (κ3) is 3.31. The number of rotatable bonds is 6. The maximum Gasteiger partial charge on any atom is 0.348 e. The molecule has 0 atom stereocenters. The van der Waals surface area contributed by atoms with Crippen LogP contribution in [-0.2, 0) is 17.5 Å². The molecular weight excluding hydrogens is 374 g/mol. The van der Waals surface area contributed by atoms with Crippen LogP contribution in [0.1, 0.15) is 27.7 Å². The van der Waals surface area contributed by atoms with Gasteiger partial charge in [-0.3, -0.25) is 0 Å². The number of hydrogen-bond acceptors (Lipinski definition) is 9. The van der Waals surface area contributed by atoms with E-state index in [1.807, 2.05) is 7.05 Å². The normalized spacial score (nSPS) is 10.7. The predicted molar refractivity (Wildman–Crippen MR) is 97.7 cm³/mol. The first-order valence-electron chi connectivity index (χ1n) is 7.61. The van der Waals surface area contributed by atoms with Crippen LogP contribution in [0.2, 0.25) is 0 Å². The van der Waals surface area contributed by atoms with Crippen LogP contribution < -0.4 is 5.73 Å². The molecule has 26 heavy (non-hydrogen) atoms. The van der Waals surface area contributed by atoms with Gasteiger partial charge in [0.05, 0.1) is 18.4 Å². The number of thioether (sulfide) groups is 1. The summed E-state index contributed by atoms with van der Waals surface area (Å²) in [5, 5.41) is 18.6. The second-order valence-electron chi connectivity index (χ2n) is 5.11. The summed E-state index contributed by atoms with van der Waals surface area (Å²) in [5.41, 5.74) is 6.75. The summed E-state index contributed by atoms with van der Waals surface area (Å²) < 4.78 is 12.2. The molecule has 0 radical (unpaired) electrons. The van der Waals surface area contributed by atoms with Gasteiger partial charge in [0, 0.05) is 18.4 Å². The largest absolute Gasteiger partial charge is 0.462 e.